The summed E-state index contributed by atoms with van der Waals surface area (Å²) < 4.78 is 46.4. The highest BCUT2D eigenvalue weighted by atomic mass is 32.1. The second kappa shape index (κ2) is 10.6. The largest absolute Gasteiger partial charge is 0.466 e. The number of benzene rings is 2. The molecule has 1 amide bonds. The van der Waals surface area contributed by atoms with Crippen LogP contribution in [0, 0.1) is 0 Å². The number of alkyl halides is 3. The number of fused-ring (bicyclic) bond motifs is 1. The lowest BCUT2D eigenvalue weighted by molar-refractivity contribution is -0.143. The summed E-state index contributed by atoms with van der Waals surface area (Å²) in [6.45, 7) is 8.70. The van der Waals surface area contributed by atoms with Gasteiger partial charge in [-0.25, -0.2) is 0 Å². The SMILES string of the molecule is C=C(c1csc2ccccc12)N1CCC1(C)C(=O)N(CCCC(=O)OCC)c1cccc(C(F)(F)F)c1. The predicted octanol–water partition coefficient (Wildman–Crippen LogP) is 6.73. The van der Waals surface area contributed by atoms with E-state index in [2.05, 4.69) is 6.58 Å². The summed E-state index contributed by atoms with van der Waals surface area (Å²) >= 11 is 1.59. The third kappa shape index (κ3) is 5.37. The van der Waals surface area contributed by atoms with Gasteiger partial charge in [0.05, 0.1) is 12.2 Å². The Labute approximate surface area is 218 Å². The van der Waals surface area contributed by atoms with E-state index in [1.165, 1.54) is 17.0 Å². The Kier molecular flexibility index (Phi) is 7.64. The second-order valence-corrected chi connectivity index (χ2v) is 10.1. The fourth-order valence-electron chi connectivity index (χ4n) is 4.66. The number of thiophene rings is 1. The number of hydrogen-bond donors (Lipinski definition) is 0. The maximum atomic E-state index is 14.0. The van der Waals surface area contributed by atoms with Crippen LogP contribution in [-0.2, 0) is 20.5 Å². The highest BCUT2D eigenvalue weighted by molar-refractivity contribution is 7.17. The molecule has 1 fully saturated rings. The number of amides is 1. The summed E-state index contributed by atoms with van der Waals surface area (Å²) in [5, 5.41) is 3.06. The average molecular weight is 531 g/mol. The molecule has 1 atom stereocenters. The Morgan fingerprint density at radius 2 is 1.95 bits per heavy atom. The molecule has 9 heteroatoms. The van der Waals surface area contributed by atoms with Crippen molar-refractivity contribution in [3.05, 3.63) is 71.6 Å². The fourth-order valence-corrected chi connectivity index (χ4v) is 5.63. The molecule has 1 aliphatic heterocycles. The standard InChI is InChI=1S/C28H29F3N2O3S/c1-4-36-25(34)13-8-15-32(21-10-7-9-20(17-21)28(29,30)31)26(35)27(3)14-16-33(27)19(2)23-18-37-24-12-6-5-11-22(23)24/h5-7,9-12,17-18H,2,4,8,13-16H2,1,3H3. The molecule has 5 nitrogen and oxygen atoms in total. The molecule has 0 radical (unpaired) electrons. The van der Waals surface area contributed by atoms with Crippen LogP contribution in [0.25, 0.3) is 15.8 Å². The first-order chi connectivity index (χ1) is 17.6. The molecule has 0 N–H and O–H groups in total. The second-order valence-electron chi connectivity index (χ2n) is 9.18. The maximum absolute atomic E-state index is 14.0. The smallest absolute Gasteiger partial charge is 0.416 e. The van der Waals surface area contributed by atoms with E-state index in [-0.39, 0.29) is 37.6 Å². The van der Waals surface area contributed by atoms with E-state index in [0.29, 0.717) is 18.7 Å². The van der Waals surface area contributed by atoms with E-state index in [0.717, 1.165) is 27.8 Å². The average Bonchev–Trinajstić information content (AvgIpc) is 3.29. The van der Waals surface area contributed by atoms with Gasteiger partial charge in [-0.3, -0.25) is 9.59 Å². The van der Waals surface area contributed by atoms with E-state index in [1.54, 1.807) is 25.2 Å². The van der Waals surface area contributed by atoms with Crippen molar-refractivity contribution < 1.29 is 27.5 Å². The van der Waals surface area contributed by atoms with Gasteiger partial charge in [-0.2, -0.15) is 13.2 Å². The fraction of sp³-hybridized carbons (Fsp3) is 0.357. The Balaban J connectivity index is 1.62. The van der Waals surface area contributed by atoms with Crippen molar-refractivity contribution in [3.63, 3.8) is 0 Å². The van der Waals surface area contributed by atoms with Gasteiger partial charge in [-0.15, -0.1) is 11.3 Å². The molecule has 1 unspecified atom stereocenters. The van der Waals surface area contributed by atoms with Gasteiger partial charge >= 0.3 is 12.1 Å². The lowest BCUT2D eigenvalue weighted by atomic mass is 9.83. The molecular weight excluding hydrogens is 501 g/mol. The van der Waals surface area contributed by atoms with Crippen LogP contribution in [0.2, 0.25) is 0 Å². The van der Waals surface area contributed by atoms with Crippen molar-refractivity contribution in [1.82, 2.24) is 4.90 Å². The van der Waals surface area contributed by atoms with Crippen LogP contribution in [0.3, 0.4) is 0 Å². The van der Waals surface area contributed by atoms with Gasteiger partial charge in [0.2, 0.25) is 0 Å². The summed E-state index contributed by atoms with van der Waals surface area (Å²) in [5.74, 6) is -0.740. The summed E-state index contributed by atoms with van der Waals surface area (Å²) in [7, 11) is 0. The van der Waals surface area contributed by atoms with Crippen LogP contribution in [0.1, 0.15) is 44.2 Å². The van der Waals surface area contributed by atoms with Crippen molar-refractivity contribution in [3.8, 4) is 0 Å². The molecule has 0 bridgehead atoms. The Morgan fingerprint density at radius 3 is 2.62 bits per heavy atom. The summed E-state index contributed by atoms with van der Waals surface area (Å²) in [6, 6.07) is 12.7. The van der Waals surface area contributed by atoms with Gasteiger partial charge in [0.15, 0.2) is 0 Å². The minimum atomic E-state index is -4.55. The third-order valence-electron chi connectivity index (χ3n) is 6.79. The summed E-state index contributed by atoms with van der Waals surface area (Å²) in [5.41, 5.74) is -0.0400. The van der Waals surface area contributed by atoms with Crippen LogP contribution in [0.15, 0.2) is 60.5 Å². The third-order valence-corrected chi connectivity index (χ3v) is 7.76. The number of likely N-dealkylation sites (tertiary alicyclic amines) is 1. The van der Waals surface area contributed by atoms with Gasteiger partial charge in [0.1, 0.15) is 5.54 Å². The van der Waals surface area contributed by atoms with Crippen LogP contribution in [-0.4, -0.2) is 42.0 Å². The maximum Gasteiger partial charge on any atom is 0.416 e. The molecule has 0 saturated carbocycles. The number of nitrogens with zero attached hydrogens (tertiary/aromatic N) is 2. The molecule has 1 saturated heterocycles. The lowest BCUT2D eigenvalue weighted by Gasteiger charge is -2.53. The van der Waals surface area contributed by atoms with E-state index in [1.807, 2.05) is 34.5 Å². The number of halogens is 3. The van der Waals surface area contributed by atoms with Crippen molar-refractivity contribution in [1.29, 1.82) is 0 Å². The summed E-state index contributed by atoms with van der Waals surface area (Å²) in [6.07, 6.45) is -3.70. The zero-order valence-corrected chi connectivity index (χ0v) is 21.6. The van der Waals surface area contributed by atoms with Crippen LogP contribution in [0.4, 0.5) is 18.9 Å². The highest BCUT2D eigenvalue weighted by Crippen LogP contribution is 2.42. The molecule has 0 spiro atoms. The molecule has 4 rings (SSSR count). The number of rotatable bonds is 9. The van der Waals surface area contributed by atoms with E-state index in [4.69, 9.17) is 4.74 Å². The number of ether oxygens (including phenoxy) is 1. The van der Waals surface area contributed by atoms with Crippen LogP contribution < -0.4 is 4.90 Å². The monoisotopic (exact) mass is 530 g/mol. The Hall–Kier alpha value is -3.33. The zero-order chi connectivity index (χ0) is 26.8. The van der Waals surface area contributed by atoms with Gasteiger partial charge < -0.3 is 14.5 Å². The van der Waals surface area contributed by atoms with E-state index < -0.39 is 23.2 Å². The number of carbonyl (C=O) groups is 2. The normalized spacial score (nSPS) is 17.4. The number of anilines is 1. The van der Waals surface area contributed by atoms with Gasteiger partial charge in [0.25, 0.3) is 5.91 Å². The van der Waals surface area contributed by atoms with Crippen molar-refractivity contribution >= 4 is 44.7 Å². The van der Waals surface area contributed by atoms with Crippen molar-refractivity contribution in [2.24, 2.45) is 0 Å². The Morgan fingerprint density at radius 1 is 1.19 bits per heavy atom. The molecule has 3 aromatic rings. The van der Waals surface area contributed by atoms with Gasteiger partial charge in [0, 0.05) is 51.9 Å². The molecular formula is C28H29F3N2O3S. The number of hydrogen-bond acceptors (Lipinski definition) is 5. The first kappa shape index (κ1) is 26.7. The molecule has 2 aromatic carbocycles. The highest BCUT2D eigenvalue weighted by Gasteiger charge is 2.50. The topological polar surface area (TPSA) is 49.9 Å². The van der Waals surface area contributed by atoms with E-state index >= 15 is 0 Å². The van der Waals surface area contributed by atoms with Crippen LogP contribution in [0.5, 0.6) is 0 Å². The lowest BCUT2D eigenvalue weighted by Crippen LogP contribution is -2.65. The van der Waals surface area contributed by atoms with E-state index in [9.17, 15) is 22.8 Å². The minimum Gasteiger partial charge on any atom is -0.466 e. The molecule has 1 aliphatic rings. The zero-order valence-electron chi connectivity index (χ0n) is 20.8. The number of esters is 1. The molecule has 37 heavy (non-hydrogen) atoms. The molecule has 1 aromatic heterocycles. The minimum absolute atomic E-state index is 0.0601. The Bertz CT molecular complexity index is 1320. The van der Waals surface area contributed by atoms with Crippen LogP contribution >= 0.6 is 11.3 Å². The first-order valence-electron chi connectivity index (χ1n) is 12.1. The van der Waals surface area contributed by atoms with Crippen molar-refractivity contribution in [2.45, 2.75) is 44.8 Å². The molecule has 0 aliphatic carbocycles. The molecule has 196 valence electrons. The first-order valence-corrected chi connectivity index (χ1v) is 13.0. The molecule has 2 heterocycles. The predicted molar refractivity (Wildman–Crippen MR) is 140 cm³/mol. The summed E-state index contributed by atoms with van der Waals surface area (Å²) in [4.78, 5) is 29.2. The van der Waals surface area contributed by atoms with Gasteiger partial charge in [-0.1, -0.05) is 30.8 Å². The van der Waals surface area contributed by atoms with Crippen molar-refractivity contribution in [2.75, 3.05) is 24.6 Å². The number of carbonyl (C=O) groups excluding carboxylic acids is 2. The van der Waals surface area contributed by atoms with Gasteiger partial charge in [-0.05, 0) is 51.0 Å². The quantitative estimate of drug-likeness (QED) is 0.288.